The van der Waals surface area contributed by atoms with Crippen molar-refractivity contribution in [2.75, 3.05) is 16.0 Å². The van der Waals surface area contributed by atoms with E-state index in [0.717, 1.165) is 22.6 Å². The van der Waals surface area contributed by atoms with E-state index in [0.29, 0.717) is 11.4 Å². The van der Waals surface area contributed by atoms with Crippen molar-refractivity contribution in [2.24, 2.45) is 0 Å². The number of amides is 2. The number of hydrogen-bond acceptors (Lipinski definition) is 4. The van der Waals surface area contributed by atoms with Crippen LogP contribution in [0.1, 0.15) is 22.8 Å². The van der Waals surface area contributed by atoms with Crippen LogP contribution in [0.15, 0.2) is 66.9 Å². The number of benzene rings is 2. The zero-order chi connectivity index (χ0) is 19.2. The first-order chi connectivity index (χ1) is 13.0. The van der Waals surface area contributed by atoms with Crippen molar-refractivity contribution >= 4 is 34.7 Å². The topological polar surface area (TPSA) is 83.1 Å². The molecule has 0 spiro atoms. The van der Waals surface area contributed by atoms with Crippen molar-refractivity contribution < 1.29 is 9.59 Å². The van der Waals surface area contributed by atoms with Gasteiger partial charge in [-0.3, -0.25) is 9.59 Å². The van der Waals surface area contributed by atoms with Crippen LogP contribution in [0, 0.1) is 6.92 Å². The van der Waals surface area contributed by atoms with Crippen molar-refractivity contribution in [3.63, 3.8) is 0 Å². The third kappa shape index (κ3) is 5.15. The van der Waals surface area contributed by atoms with Gasteiger partial charge in [0, 0.05) is 23.9 Å². The quantitative estimate of drug-likeness (QED) is 0.632. The fourth-order valence-corrected chi connectivity index (χ4v) is 2.52. The smallest absolute Gasteiger partial charge is 0.256 e. The Hall–Kier alpha value is -3.67. The first kappa shape index (κ1) is 18.1. The molecule has 0 aliphatic rings. The van der Waals surface area contributed by atoms with E-state index in [4.69, 9.17) is 0 Å². The minimum atomic E-state index is -0.194. The molecule has 0 bridgehead atoms. The second-order valence-corrected chi connectivity index (χ2v) is 6.14. The van der Waals surface area contributed by atoms with Crippen LogP contribution < -0.4 is 16.0 Å². The predicted molar refractivity (Wildman–Crippen MR) is 107 cm³/mol. The van der Waals surface area contributed by atoms with Gasteiger partial charge in [-0.15, -0.1) is 0 Å². The molecule has 0 unspecified atom stereocenters. The Labute approximate surface area is 157 Å². The Morgan fingerprint density at radius 2 is 1.56 bits per heavy atom. The summed E-state index contributed by atoms with van der Waals surface area (Å²) in [5.74, 6) is 0.178. The Bertz CT molecular complexity index is 951. The van der Waals surface area contributed by atoms with Gasteiger partial charge in [0.2, 0.25) is 5.91 Å². The standard InChI is InChI=1S/C21H20N4O2/c1-14-4-3-5-16(12-14)21(27)25-20-11-10-19(13-22-20)24-18-8-6-17(7-9-18)23-15(2)26/h3-13,24H,1-2H3,(H,23,26)(H,22,25,27). The second kappa shape index (κ2) is 8.14. The second-order valence-electron chi connectivity index (χ2n) is 6.14. The average molecular weight is 360 g/mol. The minimum Gasteiger partial charge on any atom is -0.354 e. The molecule has 136 valence electrons. The predicted octanol–water partition coefficient (Wildman–Crippen LogP) is 4.34. The monoisotopic (exact) mass is 360 g/mol. The molecular formula is C21H20N4O2. The van der Waals surface area contributed by atoms with E-state index in [1.54, 1.807) is 18.3 Å². The molecule has 0 atom stereocenters. The number of nitrogens with zero attached hydrogens (tertiary/aromatic N) is 1. The fourth-order valence-electron chi connectivity index (χ4n) is 2.52. The van der Waals surface area contributed by atoms with Gasteiger partial charge >= 0.3 is 0 Å². The lowest BCUT2D eigenvalue weighted by Gasteiger charge is -2.09. The third-order valence-electron chi connectivity index (χ3n) is 3.78. The van der Waals surface area contributed by atoms with Crippen LogP contribution in [0.4, 0.5) is 22.9 Å². The van der Waals surface area contributed by atoms with E-state index in [-0.39, 0.29) is 11.8 Å². The van der Waals surface area contributed by atoms with Crippen LogP contribution in [-0.4, -0.2) is 16.8 Å². The molecule has 1 heterocycles. The van der Waals surface area contributed by atoms with E-state index in [2.05, 4.69) is 20.9 Å². The molecule has 0 aliphatic heterocycles. The maximum Gasteiger partial charge on any atom is 0.256 e. The number of nitrogens with one attached hydrogen (secondary N) is 3. The van der Waals surface area contributed by atoms with Crippen molar-refractivity contribution in [3.8, 4) is 0 Å². The van der Waals surface area contributed by atoms with Crippen molar-refractivity contribution in [1.82, 2.24) is 4.98 Å². The Morgan fingerprint density at radius 1 is 0.852 bits per heavy atom. The summed E-state index contributed by atoms with van der Waals surface area (Å²) in [7, 11) is 0. The van der Waals surface area contributed by atoms with Gasteiger partial charge in [0.05, 0.1) is 11.9 Å². The van der Waals surface area contributed by atoms with E-state index in [1.165, 1.54) is 6.92 Å². The molecule has 2 amide bonds. The van der Waals surface area contributed by atoms with E-state index in [9.17, 15) is 9.59 Å². The summed E-state index contributed by atoms with van der Waals surface area (Å²) in [5, 5.41) is 8.72. The molecule has 3 N–H and O–H groups in total. The Morgan fingerprint density at radius 3 is 2.19 bits per heavy atom. The summed E-state index contributed by atoms with van der Waals surface area (Å²) in [4.78, 5) is 27.6. The van der Waals surface area contributed by atoms with Gasteiger partial charge in [0.15, 0.2) is 0 Å². The normalized spacial score (nSPS) is 10.1. The molecule has 3 rings (SSSR count). The molecular weight excluding hydrogens is 340 g/mol. The summed E-state index contributed by atoms with van der Waals surface area (Å²) in [6.07, 6.45) is 1.65. The molecule has 27 heavy (non-hydrogen) atoms. The summed E-state index contributed by atoms with van der Waals surface area (Å²) in [6, 6.07) is 18.3. The number of aryl methyl sites for hydroxylation is 1. The molecule has 2 aromatic carbocycles. The molecule has 1 aromatic heterocycles. The summed E-state index contributed by atoms with van der Waals surface area (Å²) >= 11 is 0. The lowest BCUT2D eigenvalue weighted by molar-refractivity contribution is -0.114. The minimum absolute atomic E-state index is 0.108. The number of hydrogen-bond donors (Lipinski definition) is 3. The average Bonchev–Trinajstić information content (AvgIpc) is 2.64. The summed E-state index contributed by atoms with van der Waals surface area (Å²) in [5.41, 5.74) is 4.01. The van der Waals surface area contributed by atoms with Gasteiger partial charge < -0.3 is 16.0 Å². The largest absolute Gasteiger partial charge is 0.354 e. The Kier molecular flexibility index (Phi) is 5.47. The molecule has 6 heteroatoms. The van der Waals surface area contributed by atoms with E-state index >= 15 is 0 Å². The van der Waals surface area contributed by atoms with Crippen molar-refractivity contribution in [3.05, 3.63) is 78.0 Å². The molecule has 3 aromatic rings. The zero-order valence-electron chi connectivity index (χ0n) is 15.1. The van der Waals surface area contributed by atoms with Crippen molar-refractivity contribution in [1.29, 1.82) is 0 Å². The third-order valence-corrected chi connectivity index (χ3v) is 3.78. The van der Waals surface area contributed by atoms with Crippen LogP contribution in [0.2, 0.25) is 0 Å². The summed E-state index contributed by atoms with van der Waals surface area (Å²) < 4.78 is 0. The molecule has 6 nitrogen and oxygen atoms in total. The van der Waals surface area contributed by atoms with Crippen LogP contribution in [0.25, 0.3) is 0 Å². The molecule has 0 saturated carbocycles. The van der Waals surface area contributed by atoms with Crippen LogP contribution in [0.3, 0.4) is 0 Å². The highest BCUT2D eigenvalue weighted by molar-refractivity contribution is 6.03. The van der Waals surface area contributed by atoms with E-state index < -0.39 is 0 Å². The molecule has 0 fully saturated rings. The van der Waals surface area contributed by atoms with Gasteiger partial charge in [0.25, 0.3) is 5.91 Å². The SMILES string of the molecule is CC(=O)Nc1ccc(Nc2ccc(NC(=O)c3cccc(C)c3)nc2)cc1. The van der Waals surface area contributed by atoms with Crippen LogP contribution >= 0.6 is 0 Å². The lowest BCUT2D eigenvalue weighted by Crippen LogP contribution is -2.13. The Balaban J connectivity index is 1.61. The van der Waals surface area contributed by atoms with Crippen LogP contribution in [0.5, 0.6) is 0 Å². The maximum absolute atomic E-state index is 12.3. The van der Waals surface area contributed by atoms with Crippen molar-refractivity contribution in [2.45, 2.75) is 13.8 Å². The highest BCUT2D eigenvalue weighted by atomic mass is 16.2. The highest BCUT2D eigenvalue weighted by Crippen LogP contribution is 2.19. The number of carbonyl (C=O) groups is 2. The number of carbonyl (C=O) groups excluding carboxylic acids is 2. The number of anilines is 4. The molecule has 0 aliphatic carbocycles. The van der Waals surface area contributed by atoms with Gasteiger partial charge in [-0.2, -0.15) is 0 Å². The molecule has 0 saturated heterocycles. The highest BCUT2D eigenvalue weighted by Gasteiger charge is 2.07. The lowest BCUT2D eigenvalue weighted by atomic mass is 10.1. The van der Waals surface area contributed by atoms with E-state index in [1.807, 2.05) is 55.5 Å². The first-order valence-corrected chi connectivity index (χ1v) is 8.48. The number of rotatable bonds is 5. The molecule has 0 radical (unpaired) electrons. The van der Waals surface area contributed by atoms with Crippen LogP contribution in [-0.2, 0) is 4.79 Å². The number of aromatic nitrogens is 1. The van der Waals surface area contributed by atoms with Gasteiger partial charge in [-0.25, -0.2) is 4.98 Å². The first-order valence-electron chi connectivity index (χ1n) is 8.48. The zero-order valence-corrected chi connectivity index (χ0v) is 15.1. The van der Waals surface area contributed by atoms with Gasteiger partial charge in [0.1, 0.15) is 5.82 Å². The van der Waals surface area contributed by atoms with Gasteiger partial charge in [-0.05, 0) is 55.5 Å². The maximum atomic E-state index is 12.3. The fraction of sp³-hybridized carbons (Fsp3) is 0.0952. The van der Waals surface area contributed by atoms with Gasteiger partial charge in [-0.1, -0.05) is 17.7 Å². The summed E-state index contributed by atoms with van der Waals surface area (Å²) in [6.45, 7) is 3.41. The number of pyridine rings is 1.